The summed E-state index contributed by atoms with van der Waals surface area (Å²) < 4.78 is 0. The van der Waals surface area contributed by atoms with Crippen LogP contribution in [0.1, 0.15) is 32.6 Å². The minimum Gasteiger partial charge on any atom is -0.368 e. The third-order valence-electron chi connectivity index (χ3n) is 4.15. The van der Waals surface area contributed by atoms with Crippen LogP contribution >= 0.6 is 11.6 Å². The fourth-order valence-corrected chi connectivity index (χ4v) is 3.38. The van der Waals surface area contributed by atoms with Crippen LogP contribution < -0.4 is 16.0 Å². The van der Waals surface area contributed by atoms with E-state index in [0.29, 0.717) is 11.4 Å². The molecule has 0 radical (unpaired) electrons. The van der Waals surface area contributed by atoms with Crippen molar-refractivity contribution in [1.82, 2.24) is 9.97 Å². The highest BCUT2D eigenvalue weighted by atomic mass is 35.5. The Morgan fingerprint density at radius 2 is 2.43 bits per heavy atom. The lowest BCUT2D eigenvalue weighted by atomic mass is 10.1. The highest BCUT2D eigenvalue weighted by Crippen LogP contribution is 2.38. The predicted molar refractivity (Wildman–Crippen MR) is 94.1 cm³/mol. The molecule has 0 spiro atoms. The van der Waals surface area contributed by atoms with Crippen LogP contribution in [0.25, 0.3) is 11.0 Å². The molecule has 7 heteroatoms. The molecule has 6 nitrogen and oxygen atoms in total. The van der Waals surface area contributed by atoms with Crippen molar-refractivity contribution in [2.75, 3.05) is 23.3 Å². The largest absolute Gasteiger partial charge is 0.368 e. The van der Waals surface area contributed by atoms with E-state index in [4.69, 9.17) is 17.3 Å². The van der Waals surface area contributed by atoms with E-state index in [2.05, 4.69) is 20.2 Å². The van der Waals surface area contributed by atoms with Crippen molar-refractivity contribution >= 4 is 39.9 Å². The first-order chi connectivity index (χ1) is 11.1. The third-order valence-corrected chi connectivity index (χ3v) is 4.43. The summed E-state index contributed by atoms with van der Waals surface area (Å²) in [6, 6.07) is 0.139. The molecule has 4 N–H and O–H groups in total. The van der Waals surface area contributed by atoms with Gasteiger partial charge in [-0.2, -0.15) is 0 Å². The van der Waals surface area contributed by atoms with Gasteiger partial charge in [0.25, 0.3) is 0 Å². The first-order valence-corrected chi connectivity index (χ1v) is 8.44. The number of carbonyl (C=O) groups is 1. The minimum absolute atomic E-state index is 0.00493. The number of nitrogens with one attached hydrogen (secondary N) is 2. The molecule has 0 aliphatic carbocycles. The van der Waals surface area contributed by atoms with E-state index in [-0.39, 0.29) is 11.9 Å². The fourth-order valence-electron chi connectivity index (χ4n) is 3.12. The van der Waals surface area contributed by atoms with Gasteiger partial charge in [0, 0.05) is 31.7 Å². The zero-order chi connectivity index (χ0) is 16.4. The second-order valence-electron chi connectivity index (χ2n) is 6.03. The zero-order valence-corrected chi connectivity index (χ0v) is 14.0. The number of halogens is 1. The maximum Gasteiger partial charge on any atom is 0.224 e. The number of hydrogen-bond acceptors (Lipinski definition) is 4. The number of pyridine rings is 1. The van der Waals surface area contributed by atoms with Crippen molar-refractivity contribution in [1.29, 1.82) is 0 Å². The molecule has 1 aliphatic rings. The van der Waals surface area contributed by atoms with Crippen LogP contribution in [-0.2, 0) is 4.79 Å². The van der Waals surface area contributed by atoms with Crippen LogP contribution in [0, 0.1) is 0 Å². The number of piperidine rings is 1. The van der Waals surface area contributed by atoms with E-state index in [0.717, 1.165) is 54.8 Å². The molecule has 3 rings (SSSR count). The smallest absolute Gasteiger partial charge is 0.224 e. The lowest BCUT2D eigenvalue weighted by Crippen LogP contribution is -2.43. The second-order valence-corrected chi connectivity index (χ2v) is 6.43. The highest BCUT2D eigenvalue weighted by Gasteiger charge is 2.23. The molecule has 23 heavy (non-hydrogen) atoms. The van der Waals surface area contributed by atoms with Crippen molar-refractivity contribution in [2.24, 2.45) is 5.73 Å². The van der Waals surface area contributed by atoms with E-state index in [1.54, 1.807) is 12.4 Å². The molecular formula is C16H22ClN5O. The summed E-state index contributed by atoms with van der Waals surface area (Å²) in [7, 11) is 0. The average Bonchev–Trinajstić information content (AvgIpc) is 2.90. The fraction of sp³-hybridized carbons (Fsp3) is 0.500. The Labute approximate surface area is 140 Å². The van der Waals surface area contributed by atoms with Crippen LogP contribution in [0.4, 0.5) is 11.4 Å². The van der Waals surface area contributed by atoms with Crippen LogP contribution in [0.3, 0.4) is 0 Å². The summed E-state index contributed by atoms with van der Waals surface area (Å²) in [6.07, 6.45) is 6.77. The molecule has 3 heterocycles. The quantitative estimate of drug-likeness (QED) is 0.801. The Balaban J connectivity index is 2.03. The molecule has 2 aromatic heterocycles. The Morgan fingerprint density at radius 3 is 3.17 bits per heavy atom. The monoisotopic (exact) mass is 335 g/mol. The van der Waals surface area contributed by atoms with Crippen LogP contribution in [0.15, 0.2) is 12.4 Å². The predicted octanol–water partition coefficient (Wildman–Crippen LogP) is 2.88. The number of amides is 1. The van der Waals surface area contributed by atoms with Crippen LogP contribution in [-0.4, -0.2) is 35.0 Å². The summed E-state index contributed by atoms with van der Waals surface area (Å²) in [6.45, 7) is 3.64. The minimum atomic E-state index is -0.00493. The summed E-state index contributed by atoms with van der Waals surface area (Å²) in [5.41, 5.74) is 8.46. The number of fused-ring (bicyclic) bond motifs is 1. The molecule has 0 unspecified atom stereocenters. The molecule has 0 aromatic carbocycles. The number of nitrogens with zero attached hydrogens (tertiary/aromatic N) is 2. The summed E-state index contributed by atoms with van der Waals surface area (Å²) >= 11 is 6.44. The number of carbonyl (C=O) groups excluding carboxylic acids is 1. The van der Waals surface area contributed by atoms with Crippen molar-refractivity contribution in [3.63, 3.8) is 0 Å². The Morgan fingerprint density at radius 1 is 1.61 bits per heavy atom. The molecule has 0 bridgehead atoms. The van der Waals surface area contributed by atoms with Gasteiger partial charge in [0.1, 0.15) is 5.65 Å². The van der Waals surface area contributed by atoms with Crippen LogP contribution in [0.5, 0.6) is 0 Å². The Kier molecular flexibility index (Phi) is 4.73. The SMILES string of the molecule is CCCC(=O)Nc1c[nH]c2ncc(Cl)c(N3CCC[C@@H](N)C3)c12. The van der Waals surface area contributed by atoms with Gasteiger partial charge in [-0.05, 0) is 19.3 Å². The maximum absolute atomic E-state index is 12.0. The standard InChI is InChI=1S/C16H22ClN5O/c1-2-4-13(23)21-12-8-20-16-14(12)15(11(17)7-19-16)22-6-3-5-10(18)9-22/h7-8,10H,2-6,9,18H2,1H3,(H,19,20)(H,21,23)/t10-/m1/s1. The highest BCUT2D eigenvalue weighted by molar-refractivity contribution is 6.35. The molecule has 1 fully saturated rings. The van der Waals surface area contributed by atoms with E-state index >= 15 is 0 Å². The average molecular weight is 336 g/mol. The van der Waals surface area contributed by atoms with E-state index < -0.39 is 0 Å². The van der Waals surface area contributed by atoms with Crippen molar-refractivity contribution in [2.45, 2.75) is 38.6 Å². The summed E-state index contributed by atoms with van der Waals surface area (Å²) in [5, 5.41) is 4.40. The first kappa shape index (κ1) is 16.1. The second kappa shape index (κ2) is 6.76. The Bertz CT molecular complexity index is 714. The number of anilines is 2. The molecule has 1 atom stereocenters. The molecule has 1 saturated heterocycles. The molecule has 2 aromatic rings. The third kappa shape index (κ3) is 3.28. The number of rotatable bonds is 4. The van der Waals surface area contributed by atoms with Gasteiger partial charge in [-0.15, -0.1) is 0 Å². The van der Waals surface area contributed by atoms with E-state index in [9.17, 15) is 4.79 Å². The lowest BCUT2D eigenvalue weighted by molar-refractivity contribution is -0.116. The number of aromatic amines is 1. The molecule has 1 aliphatic heterocycles. The van der Waals surface area contributed by atoms with Gasteiger partial charge in [0.2, 0.25) is 5.91 Å². The first-order valence-electron chi connectivity index (χ1n) is 8.06. The summed E-state index contributed by atoms with van der Waals surface area (Å²) in [5.74, 6) is -0.00493. The topological polar surface area (TPSA) is 87.0 Å². The molecule has 0 saturated carbocycles. The van der Waals surface area contributed by atoms with Gasteiger partial charge in [0.05, 0.1) is 28.0 Å². The Hall–Kier alpha value is -1.79. The molecule has 124 valence electrons. The number of nitrogens with two attached hydrogens (primary N) is 1. The van der Waals surface area contributed by atoms with Crippen molar-refractivity contribution < 1.29 is 4.79 Å². The lowest BCUT2D eigenvalue weighted by Gasteiger charge is -2.33. The van der Waals surface area contributed by atoms with Gasteiger partial charge >= 0.3 is 0 Å². The molecular weight excluding hydrogens is 314 g/mol. The van der Waals surface area contributed by atoms with Crippen molar-refractivity contribution in [3.05, 3.63) is 17.4 Å². The van der Waals surface area contributed by atoms with Gasteiger partial charge in [-0.3, -0.25) is 4.79 Å². The molecule has 1 amide bonds. The summed E-state index contributed by atoms with van der Waals surface area (Å²) in [4.78, 5) is 21.6. The number of H-pyrrole nitrogens is 1. The maximum atomic E-state index is 12.0. The zero-order valence-electron chi connectivity index (χ0n) is 13.2. The van der Waals surface area contributed by atoms with Gasteiger partial charge in [-0.25, -0.2) is 4.98 Å². The normalized spacial score (nSPS) is 18.4. The number of hydrogen-bond donors (Lipinski definition) is 3. The van der Waals surface area contributed by atoms with E-state index in [1.807, 2.05) is 6.92 Å². The van der Waals surface area contributed by atoms with Gasteiger partial charge in [0.15, 0.2) is 0 Å². The number of aromatic nitrogens is 2. The van der Waals surface area contributed by atoms with Gasteiger partial charge < -0.3 is 20.9 Å². The van der Waals surface area contributed by atoms with Crippen LogP contribution in [0.2, 0.25) is 5.02 Å². The van der Waals surface area contributed by atoms with Crippen molar-refractivity contribution in [3.8, 4) is 0 Å². The van der Waals surface area contributed by atoms with Gasteiger partial charge in [-0.1, -0.05) is 18.5 Å². The van der Waals surface area contributed by atoms with E-state index in [1.165, 1.54) is 0 Å².